The summed E-state index contributed by atoms with van der Waals surface area (Å²) < 4.78 is 2.41. The van der Waals surface area contributed by atoms with E-state index in [1.165, 1.54) is 63.6 Å². The zero-order valence-corrected chi connectivity index (χ0v) is 32.2. The van der Waals surface area contributed by atoms with Crippen molar-refractivity contribution >= 4 is 63.7 Å². The Hall–Kier alpha value is -5.95. The second-order valence-corrected chi connectivity index (χ2v) is 16.7. The first kappa shape index (κ1) is 33.6. The summed E-state index contributed by atoms with van der Waals surface area (Å²) >= 11 is 3.78. The minimum absolute atomic E-state index is 0.154. The van der Waals surface area contributed by atoms with Gasteiger partial charge in [0.25, 0.3) is 0 Å². The van der Waals surface area contributed by atoms with E-state index in [2.05, 4.69) is 139 Å². The second-order valence-electron chi connectivity index (χ2n) is 14.5. The van der Waals surface area contributed by atoms with Crippen molar-refractivity contribution < 1.29 is 0 Å². The molecule has 0 N–H and O–H groups in total. The molecule has 55 heavy (non-hydrogen) atoms. The fraction of sp³-hybridized carbons (Fsp3) is 0.0816. The highest BCUT2D eigenvalue weighted by molar-refractivity contribution is 8.05. The Morgan fingerprint density at radius 2 is 1.16 bits per heavy atom. The number of hydrogen-bond donors (Lipinski definition) is 0. The van der Waals surface area contributed by atoms with Crippen LogP contribution in [0.25, 0.3) is 38.6 Å². The molecule has 7 aromatic carbocycles. The summed E-state index contributed by atoms with van der Waals surface area (Å²) in [5.41, 5.74) is 11.7. The smallest absolute Gasteiger partial charge is 0.161 e. The summed E-state index contributed by atoms with van der Waals surface area (Å²) in [7, 11) is 0. The van der Waals surface area contributed by atoms with Crippen molar-refractivity contribution in [1.29, 1.82) is 0 Å². The second kappa shape index (κ2) is 13.4. The Balaban J connectivity index is 1.08. The number of aliphatic imine (C=N–C) groups is 3. The standard InChI is InChI=1S/C49H36N4S2/c1-49(2)39-28-42-38(26-36(39)37-27-45-46(29-40(37)49)55-44-21-13-12-20-43(44)54-45)35-18-10-11-19-41(35)53(42)34-24-22-33(23-25-34)48(51-30-31-14-6-4-7-15-31)52-47(50-3)32-16-8-5-9-17-32/h4-29H,3,30H2,1-2H3. The van der Waals surface area contributed by atoms with Gasteiger partial charge >= 0.3 is 0 Å². The Kier molecular flexibility index (Phi) is 8.20. The first-order valence-electron chi connectivity index (χ1n) is 18.5. The quantitative estimate of drug-likeness (QED) is 0.130. The number of rotatable bonds is 5. The Morgan fingerprint density at radius 1 is 0.564 bits per heavy atom. The van der Waals surface area contributed by atoms with Crippen LogP contribution in [-0.2, 0) is 12.0 Å². The Morgan fingerprint density at radius 3 is 1.89 bits per heavy atom. The van der Waals surface area contributed by atoms with Gasteiger partial charge in [-0.25, -0.2) is 9.98 Å². The van der Waals surface area contributed by atoms with Crippen molar-refractivity contribution in [1.82, 2.24) is 4.57 Å². The van der Waals surface area contributed by atoms with Crippen molar-refractivity contribution in [2.75, 3.05) is 0 Å². The molecular formula is C49H36N4S2. The molecule has 1 aliphatic carbocycles. The molecular weight excluding hydrogens is 709 g/mol. The first-order valence-corrected chi connectivity index (χ1v) is 20.1. The summed E-state index contributed by atoms with van der Waals surface area (Å²) in [6, 6.07) is 56.1. The Labute approximate surface area is 329 Å². The van der Waals surface area contributed by atoms with E-state index in [0.717, 1.165) is 22.4 Å². The predicted octanol–water partition coefficient (Wildman–Crippen LogP) is 12.8. The topological polar surface area (TPSA) is 42.0 Å². The van der Waals surface area contributed by atoms with Crippen LogP contribution < -0.4 is 0 Å². The largest absolute Gasteiger partial charge is 0.309 e. The molecule has 264 valence electrons. The van der Waals surface area contributed by atoms with Gasteiger partial charge in [0.15, 0.2) is 11.7 Å². The van der Waals surface area contributed by atoms with E-state index < -0.39 is 0 Å². The van der Waals surface area contributed by atoms with Crippen LogP contribution in [0.15, 0.2) is 192 Å². The third-order valence-corrected chi connectivity index (χ3v) is 13.4. The van der Waals surface area contributed by atoms with Gasteiger partial charge in [-0.1, -0.05) is 128 Å². The van der Waals surface area contributed by atoms with Gasteiger partial charge in [-0.3, -0.25) is 4.99 Å². The van der Waals surface area contributed by atoms with E-state index in [4.69, 9.17) is 9.98 Å². The zero-order valence-electron chi connectivity index (χ0n) is 30.5. The van der Waals surface area contributed by atoms with E-state index in [1.54, 1.807) is 0 Å². The van der Waals surface area contributed by atoms with E-state index in [1.807, 2.05) is 72.1 Å². The molecule has 10 rings (SSSR count). The van der Waals surface area contributed by atoms with Crippen LogP contribution in [0.4, 0.5) is 0 Å². The molecule has 1 aliphatic heterocycles. The lowest BCUT2D eigenvalue weighted by Crippen LogP contribution is -2.15. The lowest BCUT2D eigenvalue weighted by atomic mass is 9.82. The van der Waals surface area contributed by atoms with Gasteiger partial charge in [0.1, 0.15) is 0 Å². The molecule has 0 bridgehead atoms. The summed E-state index contributed by atoms with van der Waals surface area (Å²) in [5, 5.41) is 2.50. The van der Waals surface area contributed by atoms with Crippen LogP contribution in [0, 0.1) is 0 Å². The summed E-state index contributed by atoms with van der Waals surface area (Å²) in [6.45, 7) is 9.11. The highest BCUT2D eigenvalue weighted by Crippen LogP contribution is 2.56. The van der Waals surface area contributed by atoms with Crippen LogP contribution in [0.2, 0.25) is 0 Å². The van der Waals surface area contributed by atoms with Gasteiger partial charge in [-0.15, -0.1) is 0 Å². The molecule has 4 nitrogen and oxygen atoms in total. The molecule has 0 unspecified atom stereocenters. The van der Waals surface area contributed by atoms with Crippen molar-refractivity contribution in [2.24, 2.45) is 15.0 Å². The number of benzene rings is 7. The number of para-hydroxylation sites is 1. The van der Waals surface area contributed by atoms with Crippen molar-refractivity contribution in [2.45, 2.75) is 45.4 Å². The lowest BCUT2D eigenvalue weighted by Gasteiger charge is -2.24. The molecule has 8 aromatic rings. The normalized spacial score (nSPS) is 14.4. The van der Waals surface area contributed by atoms with Crippen molar-refractivity contribution in [3.8, 4) is 16.8 Å². The molecule has 0 fully saturated rings. The number of amidine groups is 2. The fourth-order valence-corrected chi connectivity index (χ4v) is 10.3. The maximum absolute atomic E-state index is 5.02. The molecule has 2 aliphatic rings. The minimum Gasteiger partial charge on any atom is -0.309 e. The SMILES string of the molecule is C=NC(=NC(=NCc1ccccc1)c1ccc(-n2c3ccccc3c3cc4c(cc32)C(C)(C)c2cc3c(cc2-4)Sc2ccccc2S3)cc1)c1ccccc1. The van der Waals surface area contributed by atoms with E-state index in [0.29, 0.717) is 18.2 Å². The minimum atomic E-state index is -0.154. The number of nitrogens with zero attached hydrogens (tertiary/aromatic N) is 4. The molecule has 0 amide bonds. The molecule has 0 radical (unpaired) electrons. The van der Waals surface area contributed by atoms with Gasteiger partial charge in [0, 0.05) is 52.6 Å². The van der Waals surface area contributed by atoms with Crippen molar-refractivity contribution in [3.63, 3.8) is 0 Å². The highest BCUT2D eigenvalue weighted by Gasteiger charge is 2.38. The third kappa shape index (κ3) is 5.76. The fourth-order valence-electron chi connectivity index (χ4n) is 8.07. The van der Waals surface area contributed by atoms with Crippen molar-refractivity contribution in [3.05, 3.63) is 186 Å². The predicted molar refractivity (Wildman–Crippen MR) is 232 cm³/mol. The molecule has 1 aromatic heterocycles. The van der Waals surface area contributed by atoms with Gasteiger partial charge in [0.05, 0.1) is 17.6 Å². The highest BCUT2D eigenvalue weighted by atomic mass is 32.2. The van der Waals surface area contributed by atoms with Gasteiger partial charge < -0.3 is 4.57 Å². The van der Waals surface area contributed by atoms with Crippen LogP contribution in [0.1, 0.15) is 41.7 Å². The number of aromatic nitrogens is 1. The monoisotopic (exact) mass is 744 g/mol. The van der Waals surface area contributed by atoms with Gasteiger partial charge in [-0.05, 0) is 101 Å². The van der Waals surface area contributed by atoms with Crippen LogP contribution in [0.5, 0.6) is 0 Å². The maximum atomic E-state index is 5.02. The molecule has 0 atom stereocenters. The summed E-state index contributed by atoms with van der Waals surface area (Å²) in [5.74, 6) is 1.15. The molecule has 0 saturated carbocycles. The summed E-state index contributed by atoms with van der Waals surface area (Å²) in [6.07, 6.45) is 0. The first-order chi connectivity index (χ1) is 27.0. The average Bonchev–Trinajstić information content (AvgIpc) is 3.66. The maximum Gasteiger partial charge on any atom is 0.161 e. The zero-order chi connectivity index (χ0) is 37.1. The van der Waals surface area contributed by atoms with E-state index >= 15 is 0 Å². The Bertz CT molecular complexity index is 2870. The van der Waals surface area contributed by atoms with E-state index in [9.17, 15) is 0 Å². The van der Waals surface area contributed by atoms with Crippen LogP contribution in [0.3, 0.4) is 0 Å². The molecule has 2 heterocycles. The third-order valence-electron chi connectivity index (χ3n) is 10.9. The summed E-state index contributed by atoms with van der Waals surface area (Å²) in [4.78, 5) is 19.7. The van der Waals surface area contributed by atoms with E-state index in [-0.39, 0.29) is 5.41 Å². The molecule has 6 heteroatoms. The van der Waals surface area contributed by atoms with Gasteiger partial charge in [0.2, 0.25) is 0 Å². The van der Waals surface area contributed by atoms with Crippen LogP contribution >= 0.6 is 23.5 Å². The van der Waals surface area contributed by atoms with Gasteiger partial charge in [-0.2, -0.15) is 0 Å². The number of fused-ring (bicyclic) bond motifs is 8. The average molecular weight is 745 g/mol. The number of hydrogen-bond acceptors (Lipinski definition) is 3. The van der Waals surface area contributed by atoms with Crippen LogP contribution in [-0.4, -0.2) is 23.0 Å². The molecule has 0 spiro atoms. The lowest BCUT2D eigenvalue weighted by molar-refractivity contribution is 0.658. The molecule has 0 saturated heterocycles.